The Morgan fingerprint density at radius 1 is 1.07 bits per heavy atom. The van der Waals surface area contributed by atoms with Gasteiger partial charge >= 0.3 is 0 Å². The Hall–Kier alpha value is -2.80. The van der Waals surface area contributed by atoms with Gasteiger partial charge in [0.25, 0.3) is 0 Å². The van der Waals surface area contributed by atoms with Crippen LogP contribution in [-0.4, -0.2) is 26.4 Å². The predicted molar refractivity (Wildman–Crippen MR) is 116 cm³/mol. The molecule has 0 spiro atoms. The maximum absolute atomic E-state index is 12.3. The number of ether oxygens (including phenoxy) is 1. The van der Waals surface area contributed by atoms with E-state index in [0.717, 1.165) is 22.6 Å². The molecule has 2 aromatic carbocycles. The number of benzene rings is 2. The number of rotatable bonds is 7. The predicted octanol–water partition coefficient (Wildman–Crippen LogP) is 4.61. The smallest absolute Gasteiger partial charge is 0.234 e. The van der Waals surface area contributed by atoms with Crippen LogP contribution in [0.3, 0.4) is 0 Å². The molecule has 0 aliphatic carbocycles. The van der Waals surface area contributed by atoms with Crippen molar-refractivity contribution in [2.24, 2.45) is 7.05 Å². The molecule has 152 valence electrons. The van der Waals surface area contributed by atoms with Crippen LogP contribution in [0, 0.1) is 20.8 Å². The molecule has 0 saturated heterocycles. The molecule has 1 atom stereocenters. The number of aryl methyl sites for hydroxylation is 3. The standard InChI is InChI=1S/C22H26N4O2S/c1-14-6-8-19(9-7-14)28-17(4)21-24-25-22(26(21)5)29-13-20(27)23-18-11-15(2)10-16(3)12-18/h6-12,17H,13H2,1-5H3,(H,23,27). The van der Waals surface area contributed by atoms with Crippen LogP contribution in [0.1, 0.15) is 35.5 Å². The quantitative estimate of drug-likeness (QED) is 0.576. The molecule has 1 unspecified atom stereocenters. The fraction of sp³-hybridized carbons (Fsp3) is 0.318. The molecule has 0 aliphatic rings. The third-order valence-electron chi connectivity index (χ3n) is 4.40. The maximum atomic E-state index is 12.3. The van der Waals surface area contributed by atoms with Gasteiger partial charge in [-0.05, 0) is 63.1 Å². The van der Waals surface area contributed by atoms with Crippen molar-refractivity contribution < 1.29 is 9.53 Å². The van der Waals surface area contributed by atoms with Crippen LogP contribution >= 0.6 is 11.8 Å². The van der Waals surface area contributed by atoms with Crippen molar-refractivity contribution in [2.75, 3.05) is 11.1 Å². The first kappa shape index (κ1) is 20.9. The maximum Gasteiger partial charge on any atom is 0.234 e. The van der Waals surface area contributed by atoms with E-state index in [1.165, 1.54) is 17.3 Å². The summed E-state index contributed by atoms with van der Waals surface area (Å²) in [5, 5.41) is 12.1. The van der Waals surface area contributed by atoms with Crippen molar-refractivity contribution >= 4 is 23.4 Å². The number of carbonyl (C=O) groups is 1. The lowest BCUT2D eigenvalue weighted by atomic mass is 10.1. The first-order valence-electron chi connectivity index (χ1n) is 9.45. The first-order chi connectivity index (χ1) is 13.8. The molecule has 1 aromatic heterocycles. The van der Waals surface area contributed by atoms with E-state index >= 15 is 0 Å². The van der Waals surface area contributed by atoms with E-state index in [0.29, 0.717) is 11.0 Å². The van der Waals surface area contributed by atoms with Crippen molar-refractivity contribution in [3.05, 3.63) is 65.0 Å². The lowest BCUT2D eigenvalue weighted by Crippen LogP contribution is -2.15. The third kappa shape index (κ3) is 5.60. The molecule has 0 bridgehead atoms. The number of aromatic nitrogens is 3. The summed E-state index contributed by atoms with van der Waals surface area (Å²) in [6.45, 7) is 8.00. The number of amides is 1. The second-order valence-corrected chi connectivity index (χ2v) is 8.13. The molecule has 1 amide bonds. The summed E-state index contributed by atoms with van der Waals surface area (Å²) in [5.74, 6) is 1.68. The molecule has 1 heterocycles. The molecule has 7 heteroatoms. The van der Waals surface area contributed by atoms with Gasteiger partial charge in [0.2, 0.25) is 5.91 Å². The number of thioether (sulfide) groups is 1. The number of anilines is 1. The van der Waals surface area contributed by atoms with E-state index in [-0.39, 0.29) is 17.8 Å². The van der Waals surface area contributed by atoms with Crippen LogP contribution in [0.4, 0.5) is 5.69 Å². The summed E-state index contributed by atoms with van der Waals surface area (Å²) in [7, 11) is 1.88. The van der Waals surface area contributed by atoms with E-state index in [1.54, 1.807) is 0 Å². The summed E-state index contributed by atoms with van der Waals surface area (Å²) >= 11 is 1.35. The average molecular weight is 411 g/mol. The normalized spacial score (nSPS) is 11.9. The molecule has 0 aliphatic heterocycles. The molecule has 1 N–H and O–H groups in total. The molecule has 29 heavy (non-hydrogen) atoms. The van der Waals surface area contributed by atoms with E-state index in [9.17, 15) is 4.79 Å². The summed E-state index contributed by atoms with van der Waals surface area (Å²) in [4.78, 5) is 12.3. The largest absolute Gasteiger partial charge is 0.483 e. The highest BCUT2D eigenvalue weighted by molar-refractivity contribution is 7.99. The van der Waals surface area contributed by atoms with Crippen LogP contribution in [0.2, 0.25) is 0 Å². The monoisotopic (exact) mass is 410 g/mol. The van der Waals surface area contributed by atoms with Gasteiger partial charge in [-0.2, -0.15) is 0 Å². The Kier molecular flexibility index (Phi) is 6.59. The van der Waals surface area contributed by atoms with Crippen molar-refractivity contribution in [3.8, 4) is 5.75 Å². The molecule has 0 fully saturated rings. The van der Waals surface area contributed by atoms with Gasteiger partial charge in [-0.1, -0.05) is 35.5 Å². The molecular formula is C22H26N4O2S. The lowest BCUT2D eigenvalue weighted by Gasteiger charge is -2.14. The van der Waals surface area contributed by atoms with Gasteiger partial charge in [-0.25, -0.2) is 0 Å². The lowest BCUT2D eigenvalue weighted by molar-refractivity contribution is -0.113. The summed E-state index contributed by atoms with van der Waals surface area (Å²) in [5.41, 5.74) is 4.23. The SMILES string of the molecule is Cc1ccc(OC(C)c2nnc(SCC(=O)Nc3cc(C)cc(C)c3)n2C)cc1. The van der Waals surface area contributed by atoms with Crippen LogP contribution in [0.5, 0.6) is 5.75 Å². The van der Waals surface area contributed by atoms with Gasteiger partial charge in [0.05, 0.1) is 5.75 Å². The topological polar surface area (TPSA) is 69.0 Å². The average Bonchev–Trinajstić information content (AvgIpc) is 3.01. The van der Waals surface area contributed by atoms with Gasteiger partial charge in [-0.3, -0.25) is 4.79 Å². The Labute approximate surface area is 175 Å². The van der Waals surface area contributed by atoms with Crippen molar-refractivity contribution in [1.82, 2.24) is 14.8 Å². The van der Waals surface area contributed by atoms with Gasteiger partial charge in [0.1, 0.15) is 5.75 Å². The summed E-state index contributed by atoms with van der Waals surface area (Å²) in [6, 6.07) is 13.9. The molecule has 3 rings (SSSR count). The second-order valence-electron chi connectivity index (χ2n) is 7.19. The number of hydrogen-bond acceptors (Lipinski definition) is 5. The molecule has 6 nitrogen and oxygen atoms in total. The van der Waals surface area contributed by atoms with Crippen molar-refractivity contribution in [1.29, 1.82) is 0 Å². The highest BCUT2D eigenvalue weighted by Gasteiger charge is 2.18. The van der Waals surface area contributed by atoms with E-state index in [1.807, 2.05) is 75.7 Å². The Morgan fingerprint density at radius 3 is 2.38 bits per heavy atom. The minimum atomic E-state index is -0.256. The Bertz CT molecular complexity index is 978. The molecular weight excluding hydrogens is 384 g/mol. The van der Waals surface area contributed by atoms with Crippen LogP contribution in [0.15, 0.2) is 47.6 Å². The van der Waals surface area contributed by atoms with Crippen LogP contribution < -0.4 is 10.1 Å². The highest BCUT2D eigenvalue weighted by Crippen LogP contribution is 2.24. The Morgan fingerprint density at radius 2 is 1.72 bits per heavy atom. The molecule has 0 radical (unpaired) electrons. The number of hydrogen-bond donors (Lipinski definition) is 1. The highest BCUT2D eigenvalue weighted by atomic mass is 32.2. The van der Waals surface area contributed by atoms with Crippen LogP contribution in [-0.2, 0) is 11.8 Å². The zero-order chi connectivity index (χ0) is 21.0. The zero-order valence-electron chi connectivity index (χ0n) is 17.4. The van der Waals surface area contributed by atoms with E-state index < -0.39 is 0 Å². The van der Waals surface area contributed by atoms with Crippen LogP contribution in [0.25, 0.3) is 0 Å². The fourth-order valence-electron chi connectivity index (χ4n) is 3.05. The Balaban J connectivity index is 1.58. The van der Waals surface area contributed by atoms with Gasteiger partial charge in [0.15, 0.2) is 17.1 Å². The second kappa shape index (κ2) is 9.13. The summed E-state index contributed by atoms with van der Waals surface area (Å²) in [6.07, 6.45) is -0.256. The van der Waals surface area contributed by atoms with Crippen molar-refractivity contribution in [3.63, 3.8) is 0 Å². The minimum absolute atomic E-state index is 0.0755. The minimum Gasteiger partial charge on any atom is -0.483 e. The zero-order valence-corrected chi connectivity index (χ0v) is 18.2. The fourth-order valence-corrected chi connectivity index (χ4v) is 3.77. The van der Waals surface area contributed by atoms with E-state index in [4.69, 9.17) is 4.74 Å². The molecule has 3 aromatic rings. The van der Waals surface area contributed by atoms with Gasteiger partial charge in [0, 0.05) is 12.7 Å². The van der Waals surface area contributed by atoms with E-state index in [2.05, 4.69) is 21.6 Å². The first-order valence-corrected chi connectivity index (χ1v) is 10.4. The number of carbonyl (C=O) groups excluding carboxylic acids is 1. The van der Waals surface area contributed by atoms with Gasteiger partial charge < -0.3 is 14.6 Å². The summed E-state index contributed by atoms with van der Waals surface area (Å²) < 4.78 is 7.83. The molecule has 0 saturated carbocycles. The third-order valence-corrected chi connectivity index (χ3v) is 5.42. The number of nitrogens with one attached hydrogen (secondary N) is 1. The number of nitrogens with zero attached hydrogens (tertiary/aromatic N) is 3. The van der Waals surface area contributed by atoms with Crippen molar-refractivity contribution in [2.45, 2.75) is 39.0 Å². The van der Waals surface area contributed by atoms with Gasteiger partial charge in [-0.15, -0.1) is 10.2 Å².